The van der Waals surface area contributed by atoms with Gasteiger partial charge in [-0.05, 0) is 25.5 Å². The number of carbonyl (C=O) groups excluding carboxylic acids is 2. The summed E-state index contributed by atoms with van der Waals surface area (Å²) in [5, 5.41) is 5.51. The third-order valence-electron chi connectivity index (χ3n) is 2.67. The molecule has 19 heavy (non-hydrogen) atoms. The maximum Gasteiger partial charge on any atom is 0.251 e. The zero-order valence-corrected chi connectivity index (χ0v) is 12.8. The molecule has 0 saturated heterocycles. The number of alkyl halides is 1. The maximum atomic E-state index is 11.8. The summed E-state index contributed by atoms with van der Waals surface area (Å²) < 4.78 is 0. The van der Waals surface area contributed by atoms with Crippen LogP contribution in [0.3, 0.4) is 0 Å². The summed E-state index contributed by atoms with van der Waals surface area (Å²) in [7, 11) is 0. The van der Waals surface area contributed by atoms with Gasteiger partial charge < -0.3 is 10.6 Å². The smallest absolute Gasteiger partial charge is 0.251 e. The molecule has 4 nitrogen and oxygen atoms in total. The zero-order chi connectivity index (χ0) is 14.3. The molecule has 1 aromatic carbocycles. The van der Waals surface area contributed by atoms with Crippen molar-refractivity contribution in [3.05, 3.63) is 35.4 Å². The van der Waals surface area contributed by atoms with Gasteiger partial charge in [-0.1, -0.05) is 40.5 Å². The van der Waals surface area contributed by atoms with E-state index in [0.717, 1.165) is 12.0 Å². The van der Waals surface area contributed by atoms with Crippen LogP contribution in [0.4, 0.5) is 0 Å². The summed E-state index contributed by atoms with van der Waals surface area (Å²) in [5.74, 6) is -0.174. The molecule has 2 N–H and O–H groups in total. The second-order valence-electron chi connectivity index (χ2n) is 4.29. The average molecular weight is 327 g/mol. The molecule has 2 amide bonds. The predicted molar refractivity (Wildman–Crippen MR) is 79.5 cm³/mol. The first kappa shape index (κ1) is 15.7. The van der Waals surface area contributed by atoms with Crippen molar-refractivity contribution in [3.63, 3.8) is 0 Å². The summed E-state index contributed by atoms with van der Waals surface area (Å²) in [4.78, 5) is 23.0. The Morgan fingerprint density at radius 2 is 1.74 bits per heavy atom. The number of benzene rings is 1. The Bertz CT molecular complexity index is 432. The van der Waals surface area contributed by atoms with Crippen LogP contribution in [0.1, 0.15) is 29.3 Å². The lowest BCUT2D eigenvalue weighted by Gasteiger charge is -2.09. The molecule has 1 atom stereocenters. The number of hydrogen-bond acceptors (Lipinski definition) is 2. The number of amides is 2. The molecule has 104 valence electrons. The predicted octanol–water partition coefficient (Wildman–Crippen LogP) is 2.01. The minimum absolute atomic E-state index is 0.0490. The molecular weight excluding hydrogens is 308 g/mol. The summed E-state index contributed by atoms with van der Waals surface area (Å²) in [5.41, 5.74) is 1.75. The van der Waals surface area contributed by atoms with Crippen molar-refractivity contribution in [2.45, 2.75) is 25.1 Å². The first-order valence-corrected chi connectivity index (χ1v) is 7.22. The van der Waals surface area contributed by atoms with Gasteiger partial charge in [-0.25, -0.2) is 0 Å². The van der Waals surface area contributed by atoms with E-state index in [2.05, 4.69) is 26.6 Å². The van der Waals surface area contributed by atoms with Crippen LogP contribution < -0.4 is 10.6 Å². The fourth-order valence-corrected chi connectivity index (χ4v) is 1.63. The molecule has 0 fully saturated rings. The van der Waals surface area contributed by atoms with Crippen LogP contribution in [0, 0.1) is 6.92 Å². The van der Waals surface area contributed by atoms with E-state index in [1.54, 1.807) is 12.1 Å². The molecule has 1 aromatic rings. The molecule has 0 bridgehead atoms. The topological polar surface area (TPSA) is 58.2 Å². The molecule has 1 rings (SSSR count). The van der Waals surface area contributed by atoms with Crippen LogP contribution in [0.5, 0.6) is 0 Å². The van der Waals surface area contributed by atoms with Crippen molar-refractivity contribution in [1.29, 1.82) is 0 Å². The van der Waals surface area contributed by atoms with Gasteiger partial charge in [0.1, 0.15) is 0 Å². The van der Waals surface area contributed by atoms with E-state index in [0.29, 0.717) is 18.7 Å². The molecule has 0 heterocycles. The quantitative estimate of drug-likeness (QED) is 0.620. The van der Waals surface area contributed by atoms with Gasteiger partial charge in [0.05, 0.1) is 4.83 Å². The Morgan fingerprint density at radius 1 is 1.16 bits per heavy atom. The second-order valence-corrected chi connectivity index (χ2v) is 5.39. The monoisotopic (exact) mass is 326 g/mol. The number of aryl methyl sites for hydroxylation is 1. The molecular formula is C14H19BrN2O2. The molecule has 0 saturated carbocycles. The maximum absolute atomic E-state index is 11.8. The van der Waals surface area contributed by atoms with E-state index >= 15 is 0 Å². The summed E-state index contributed by atoms with van der Waals surface area (Å²) in [6, 6.07) is 7.37. The number of hydrogen-bond donors (Lipinski definition) is 2. The van der Waals surface area contributed by atoms with E-state index in [9.17, 15) is 9.59 Å². The molecule has 0 aliphatic rings. The highest BCUT2D eigenvalue weighted by Gasteiger charge is 2.11. The lowest BCUT2D eigenvalue weighted by molar-refractivity contribution is -0.120. The lowest BCUT2D eigenvalue weighted by atomic mass is 10.1. The summed E-state index contributed by atoms with van der Waals surface area (Å²) >= 11 is 3.27. The van der Waals surface area contributed by atoms with Crippen LogP contribution in [0.25, 0.3) is 0 Å². The minimum Gasteiger partial charge on any atom is -0.353 e. The highest BCUT2D eigenvalue weighted by atomic mass is 79.9. The number of halogens is 1. The van der Waals surface area contributed by atoms with Crippen LogP contribution in [-0.2, 0) is 4.79 Å². The number of nitrogens with one attached hydrogen (secondary N) is 2. The number of carbonyl (C=O) groups is 2. The van der Waals surface area contributed by atoms with Crippen LogP contribution >= 0.6 is 15.9 Å². The van der Waals surface area contributed by atoms with Crippen molar-refractivity contribution >= 4 is 27.7 Å². The van der Waals surface area contributed by atoms with Crippen LogP contribution in [0.15, 0.2) is 24.3 Å². The van der Waals surface area contributed by atoms with Crippen LogP contribution in [0.2, 0.25) is 0 Å². The molecule has 5 heteroatoms. The van der Waals surface area contributed by atoms with E-state index in [4.69, 9.17) is 0 Å². The Kier molecular flexibility index (Phi) is 6.56. The lowest BCUT2D eigenvalue weighted by Crippen LogP contribution is -2.37. The van der Waals surface area contributed by atoms with Gasteiger partial charge >= 0.3 is 0 Å². The van der Waals surface area contributed by atoms with Gasteiger partial charge in [-0.3, -0.25) is 9.59 Å². The second kappa shape index (κ2) is 7.94. The van der Waals surface area contributed by atoms with E-state index in [-0.39, 0.29) is 16.6 Å². The summed E-state index contributed by atoms with van der Waals surface area (Å²) in [6.45, 7) is 4.75. The molecule has 0 radical (unpaired) electrons. The Labute approximate surface area is 122 Å². The molecule has 0 aliphatic heterocycles. The SMILES string of the molecule is CCC(Br)C(=O)NCCNC(=O)c1ccc(C)cc1. The average Bonchev–Trinajstić information content (AvgIpc) is 2.42. The first-order chi connectivity index (χ1) is 9.04. The molecule has 0 spiro atoms. The fourth-order valence-electron chi connectivity index (χ4n) is 1.46. The Hall–Kier alpha value is -1.36. The highest BCUT2D eigenvalue weighted by Crippen LogP contribution is 2.03. The summed E-state index contributed by atoms with van der Waals surface area (Å²) in [6.07, 6.45) is 0.738. The Balaban J connectivity index is 2.28. The van der Waals surface area contributed by atoms with Gasteiger partial charge in [0.2, 0.25) is 5.91 Å². The van der Waals surface area contributed by atoms with E-state index in [1.807, 2.05) is 26.0 Å². The van der Waals surface area contributed by atoms with Crippen molar-refractivity contribution in [2.75, 3.05) is 13.1 Å². The van der Waals surface area contributed by atoms with Gasteiger partial charge in [-0.15, -0.1) is 0 Å². The van der Waals surface area contributed by atoms with Crippen LogP contribution in [-0.4, -0.2) is 29.7 Å². The first-order valence-electron chi connectivity index (χ1n) is 6.31. The fraction of sp³-hybridized carbons (Fsp3) is 0.429. The van der Waals surface area contributed by atoms with Gasteiger partial charge in [-0.2, -0.15) is 0 Å². The van der Waals surface area contributed by atoms with Crippen molar-refractivity contribution in [1.82, 2.24) is 10.6 Å². The normalized spacial score (nSPS) is 11.7. The van der Waals surface area contributed by atoms with Crippen molar-refractivity contribution < 1.29 is 9.59 Å². The van der Waals surface area contributed by atoms with Crippen molar-refractivity contribution in [3.8, 4) is 0 Å². The van der Waals surface area contributed by atoms with Gasteiger partial charge in [0, 0.05) is 18.7 Å². The third kappa shape index (κ3) is 5.42. The Morgan fingerprint density at radius 3 is 2.32 bits per heavy atom. The van der Waals surface area contributed by atoms with Crippen molar-refractivity contribution in [2.24, 2.45) is 0 Å². The highest BCUT2D eigenvalue weighted by molar-refractivity contribution is 9.10. The largest absolute Gasteiger partial charge is 0.353 e. The number of rotatable bonds is 6. The third-order valence-corrected chi connectivity index (χ3v) is 3.73. The minimum atomic E-state index is -0.166. The van der Waals surface area contributed by atoms with E-state index in [1.165, 1.54) is 0 Å². The standard InChI is InChI=1S/C14H19BrN2O2/c1-3-12(15)14(19)17-9-8-16-13(18)11-6-4-10(2)5-7-11/h4-7,12H,3,8-9H2,1-2H3,(H,16,18)(H,17,19). The molecule has 0 aliphatic carbocycles. The van der Waals surface area contributed by atoms with Gasteiger partial charge in [0.15, 0.2) is 0 Å². The zero-order valence-electron chi connectivity index (χ0n) is 11.2. The van der Waals surface area contributed by atoms with Gasteiger partial charge in [0.25, 0.3) is 5.91 Å². The molecule has 0 aromatic heterocycles. The molecule has 1 unspecified atom stereocenters. The van der Waals surface area contributed by atoms with E-state index < -0.39 is 0 Å².